The molecule has 1 aromatic heterocycles. The molecule has 0 saturated heterocycles. The summed E-state index contributed by atoms with van der Waals surface area (Å²) in [5.74, 6) is -0.262. The largest absolute Gasteiger partial charge is 0.396 e. The van der Waals surface area contributed by atoms with Gasteiger partial charge in [-0.15, -0.1) is 0 Å². The molecule has 5 nitrogen and oxygen atoms in total. The summed E-state index contributed by atoms with van der Waals surface area (Å²) in [6, 6.07) is -0.547. The summed E-state index contributed by atoms with van der Waals surface area (Å²) in [6.07, 6.45) is 2.84. The fraction of sp³-hybridized carbons (Fsp3) is 0.333. The van der Waals surface area contributed by atoms with Crippen molar-refractivity contribution in [2.75, 3.05) is 5.73 Å². The molecule has 1 rings (SSSR count). The van der Waals surface area contributed by atoms with E-state index in [2.05, 4.69) is 5.10 Å². The van der Waals surface area contributed by atoms with Crippen molar-refractivity contribution in [3.05, 3.63) is 12.4 Å². The maximum atomic E-state index is 11.1. The normalized spacial score (nSPS) is 12.9. The van der Waals surface area contributed by atoms with Crippen LogP contribution in [0.2, 0.25) is 0 Å². The van der Waals surface area contributed by atoms with Crippen LogP contribution in [-0.4, -0.2) is 21.7 Å². The third-order valence-electron chi connectivity index (χ3n) is 1.22. The molecule has 0 aliphatic rings. The van der Waals surface area contributed by atoms with Gasteiger partial charge in [-0.2, -0.15) is 5.10 Å². The predicted octanol–water partition coefficient (Wildman–Crippen LogP) is -0.547. The van der Waals surface area contributed by atoms with Gasteiger partial charge in [0.2, 0.25) is 0 Å². The highest BCUT2D eigenvalue weighted by Crippen LogP contribution is 1.97. The SMILES string of the molecule is C[C@H](N)C(=O)n1cc(N)cn1. The standard InChI is InChI=1S/C6H10N4O/c1-4(7)6(11)10-3-5(8)2-9-10/h2-4H,7-8H2,1H3/t4-/m0/s1. The number of rotatable bonds is 1. The van der Waals surface area contributed by atoms with Crippen LogP contribution < -0.4 is 11.5 Å². The van der Waals surface area contributed by atoms with E-state index in [1.165, 1.54) is 12.4 Å². The summed E-state index contributed by atoms with van der Waals surface area (Å²) in [6.45, 7) is 1.60. The molecular weight excluding hydrogens is 144 g/mol. The molecule has 0 aliphatic carbocycles. The van der Waals surface area contributed by atoms with Crippen molar-refractivity contribution in [3.63, 3.8) is 0 Å². The third kappa shape index (κ3) is 1.56. The topological polar surface area (TPSA) is 86.9 Å². The molecule has 0 aliphatic heterocycles. The number of hydrogen-bond acceptors (Lipinski definition) is 4. The Morgan fingerprint density at radius 2 is 2.45 bits per heavy atom. The van der Waals surface area contributed by atoms with Gasteiger partial charge in [0.05, 0.1) is 24.1 Å². The first-order valence-electron chi connectivity index (χ1n) is 3.21. The Bertz CT molecular complexity index is 265. The van der Waals surface area contributed by atoms with E-state index in [0.717, 1.165) is 4.68 Å². The molecule has 0 fully saturated rings. The molecule has 0 bridgehead atoms. The quantitative estimate of drug-likeness (QED) is 0.568. The highest BCUT2D eigenvalue weighted by molar-refractivity contribution is 5.83. The van der Waals surface area contributed by atoms with Crippen molar-refractivity contribution in [1.82, 2.24) is 9.78 Å². The number of hydrogen-bond donors (Lipinski definition) is 2. The minimum absolute atomic E-state index is 0.262. The van der Waals surface area contributed by atoms with E-state index in [4.69, 9.17) is 11.5 Å². The van der Waals surface area contributed by atoms with Gasteiger partial charge in [0.25, 0.3) is 5.91 Å². The lowest BCUT2D eigenvalue weighted by Crippen LogP contribution is -2.31. The summed E-state index contributed by atoms with van der Waals surface area (Å²) >= 11 is 0. The average molecular weight is 154 g/mol. The molecule has 11 heavy (non-hydrogen) atoms. The second kappa shape index (κ2) is 2.71. The van der Waals surface area contributed by atoms with E-state index in [1.54, 1.807) is 6.92 Å². The van der Waals surface area contributed by atoms with Gasteiger partial charge >= 0.3 is 0 Å². The summed E-state index contributed by atoms with van der Waals surface area (Å²) in [4.78, 5) is 11.1. The van der Waals surface area contributed by atoms with E-state index in [1.807, 2.05) is 0 Å². The Balaban J connectivity index is 2.85. The van der Waals surface area contributed by atoms with Crippen LogP contribution in [0.4, 0.5) is 5.69 Å². The molecule has 5 heteroatoms. The minimum Gasteiger partial charge on any atom is -0.396 e. The highest BCUT2D eigenvalue weighted by Gasteiger charge is 2.10. The van der Waals surface area contributed by atoms with Gasteiger partial charge in [-0.25, -0.2) is 4.68 Å². The Morgan fingerprint density at radius 3 is 2.82 bits per heavy atom. The Kier molecular flexibility index (Phi) is 1.91. The number of nitrogens with zero attached hydrogens (tertiary/aromatic N) is 2. The number of nitrogen functional groups attached to an aromatic ring is 1. The number of aromatic nitrogens is 2. The fourth-order valence-electron chi connectivity index (χ4n) is 0.666. The van der Waals surface area contributed by atoms with Crippen molar-refractivity contribution >= 4 is 11.6 Å². The van der Waals surface area contributed by atoms with Gasteiger partial charge < -0.3 is 11.5 Å². The summed E-state index contributed by atoms with van der Waals surface area (Å²) < 4.78 is 1.14. The fourth-order valence-corrected chi connectivity index (χ4v) is 0.666. The first kappa shape index (κ1) is 7.74. The lowest BCUT2D eigenvalue weighted by atomic mass is 10.3. The maximum Gasteiger partial charge on any atom is 0.263 e. The van der Waals surface area contributed by atoms with Crippen LogP contribution in [-0.2, 0) is 0 Å². The van der Waals surface area contributed by atoms with Gasteiger partial charge in [0.15, 0.2) is 0 Å². The first-order chi connectivity index (χ1) is 5.11. The molecule has 0 spiro atoms. The van der Waals surface area contributed by atoms with Crippen molar-refractivity contribution in [3.8, 4) is 0 Å². The molecule has 0 radical (unpaired) electrons. The van der Waals surface area contributed by atoms with Crippen LogP contribution in [0.15, 0.2) is 12.4 Å². The molecule has 1 heterocycles. The van der Waals surface area contributed by atoms with Gasteiger partial charge in [0.1, 0.15) is 0 Å². The number of nitrogens with two attached hydrogens (primary N) is 2. The minimum atomic E-state index is -0.547. The first-order valence-corrected chi connectivity index (χ1v) is 3.21. The van der Waals surface area contributed by atoms with E-state index >= 15 is 0 Å². The van der Waals surface area contributed by atoms with Crippen LogP contribution in [0.3, 0.4) is 0 Å². The van der Waals surface area contributed by atoms with E-state index in [9.17, 15) is 4.79 Å². The van der Waals surface area contributed by atoms with Crippen LogP contribution in [0, 0.1) is 0 Å². The molecule has 60 valence electrons. The molecule has 0 aromatic carbocycles. The smallest absolute Gasteiger partial charge is 0.263 e. The Labute approximate surface area is 64.0 Å². The second-order valence-corrected chi connectivity index (χ2v) is 2.35. The predicted molar refractivity (Wildman–Crippen MR) is 40.9 cm³/mol. The summed E-state index contributed by atoms with van der Waals surface area (Å²) in [5, 5.41) is 3.70. The van der Waals surface area contributed by atoms with Crippen molar-refractivity contribution < 1.29 is 4.79 Å². The zero-order valence-electron chi connectivity index (χ0n) is 6.19. The van der Waals surface area contributed by atoms with Crippen LogP contribution in [0.5, 0.6) is 0 Å². The average Bonchev–Trinajstić information content (AvgIpc) is 2.34. The number of anilines is 1. The molecular formula is C6H10N4O. The van der Waals surface area contributed by atoms with E-state index < -0.39 is 6.04 Å². The summed E-state index contributed by atoms with van der Waals surface area (Å²) in [5.41, 5.74) is 11.1. The van der Waals surface area contributed by atoms with Gasteiger partial charge in [-0.05, 0) is 6.92 Å². The molecule has 1 atom stereocenters. The second-order valence-electron chi connectivity index (χ2n) is 2.35. The molecule has 4 N–H and O–H groups in total. The Morgan fingerprint density at radius 1 is 1.82 bits per heavy atom. The van der Waals surface area contributed by atoms with Crippen LogP contribution >= 0.6 is 0 Å². The zero-order valence-corrected chi connectivity index (χ0v) is 6.19. The van der Waals surface area contributed by atoms with E-state index in [-0.39, 0.29) is 5.91 Å². The molecule has 0 unspecified atom stereocenters. The van der Waals surface area contributed by atoms with Gasteiger partial charge in [-0.3, -0.25) is 4.79 Å². The number of carbonyl (C=O) groups excluding carboxylic acids is 1. The third-order valence-corrected chi connectivity index (χ3v) is 1.22. The summed E-state index contributed by atoms with van der Waals surface area (Å²) in [7, 11) is 0. The lowest BCUT2D eigenvalue weighted by Gasteiger charge is -2.01. The van der Waals surface area contributed by atoms with Gasteiger partial charge in [-0.1, -0.05) is 0 Å². The maximum absolute atomic E-state index is 11.1. The molecule has 0 saturated carbocycles. The zero-order chi connectivity index (χ0) is 8.43. The molecule has 0 amide bonds. The van der Waals surface area contributed by atoms with E-state index in [0.29, 0.717) is 5.69 Å². The van der Waals surface area contributed by atoms with Crippen molar-refractivity contribution in [1.29, 1.82) is 0 Å². The molecule has 1 aromatic rings. The number of carbonyl (C=O) groups is 1. The van der Waals surface area contributed by atoms with Crippen molar-refractivity contribution in [2.24, 2.45) is 5.73 Å². The highest BCUT2D eigenvalue weighted by atomic mass is 16.2. The lowest BCUT2D eigenvalue weighted by molar-refractivity contribution is 0.0870. The monoisotopic (exact) mass is 154 g/mol. The Hall–Kier alpha value is -1.36. The van der Waals surface area contributed by atoms with Crippen LogP contribution in [0.1, 0.15) is 11.7 Å². The van der Waals surface area contributed by atoms with Gasteiger partial charge in [0, 0.05) is 0 Å². The van der Waals surface area contributed by atoms with Crippen LogP contribution in [0.25, 0.3) is 0 Å². The van der Waals surface area contributed by atoms with Crippen molar-refractivity contribution in [2.45, 2.75) is 13.0 Å².